The first-order valence-corrected chi connectivity index (χ1v) is 9.00. The van der Waals surface area contributed by atoms with Crippen molar-refractivity contribution in [3.63, 3.8) is 0 Å². The van der Waals surface area contributed by atoms with Crippen LogP contribution in [0.3, 0.4) is 0 Å². The number of halogens is 4. The zero-order valence-corrected chi connectivity index (χ0v) is 16.3. The van der Waals surface area contributed by atoms with Crippen LogP contribution in [0.5, 0.6) is 0 Å². The highest BCUT2D eigenvalue weighted by Crippen LogP contribution is 2.42. The molecule has 3 rings (SSSR count). The van der Waals surface area contributed by atoms with Gasteiger partial charge < -0.3 is 9.15 Å². The molecule has 0 aliphatic heterocycles. The Bertz CT molecular complexity index is 945. The maximum atomic E-state index is 13.5. The van der Waals surface area contributed by atoms with Gasteiger partial charge in [-0.3, -0.25) is 0 Å². The number of furan rings is 1. The predicted molar refractivity (Wildman–Crippen MR) is 102 cm³/mol. The largest absolute Gasteiger partial charge is 0.465 e. The maximum absolute atomic E-state index is 13.5. The molecule has 0 spiro atoms. The number of hydrogen-bond acceptors (Lipinski definition) is 3. The topological polar surface area (TPSA) is 39.4 Å². The molecule has 2 aromatic carbocycles. The van der Waals surface area contributed by atoms with Crippen LogP contribution >= 0.6 is 22.6 Å². The first-order chi connectivity index (χ1) is 12.8. The summed E-state index contributed by atoms with van der Waals surface area (Å²) in [6, 6.07) is 15.7. The van der Waals surface area contributed by atoms with Crippen LogP contribution < -0.4 is 0 Å². The zero-order valence-electron chi connectivity index (χ0n) is 14.1. The lowest BCUT2D eigenvalue weighted by Crippen LogP contribution is -2.12. The Labute approximate surface area is 167 Å². The molecule has 0 saturated carbocycles. The van der Waals surface area contributed by atoms with Gasteiger partial charge in [0.15, 0.2) is 0 Å². The van der Waals surface area contributed by atoms with Crippen molar-refractivity contribution < 1.29 is 27.1 Å². The third-order valence-electron chi connectivity index (χ3n) is 3.97. The highest BCUT2D eigenvalue weighted by Gasteiger charge is 2.43. The van der Waals surface area contributed by atoms with E-state index >= 15 is 0 Å². The zero-order chi connectivity index (χ0) is 19.6. The first-order valence-electron chi connectivity index (χ1n) is 7.92. The molecule has 0 unspecified atom stereocenters. The van der Waals surface area contributed by atoms with Crippen LogP contribution in [0.15, 0.2) is 59.0 Å². The second kappa shape index (κ2) is 7.75. The Morgan fingerprint density at radius 1 is 1.07 bits per heavy atom. The van der Waals surface area contributed by atoms with E-state index in [2.05, 4.69) is 27.3 Å². The van der Waals surface area contributed by atoms with Crippen molar-refractivity contribution in [2.45, 2.75) is 12.6 Å². The van der Waals surface area contributed by atoms with Crippen molar-refractivity contribution >= 4 is 28.6 Å². The molecule has 0 amide bonds. The van der Waals surface area contributed by atoms with Crippen molar-refractivity contribution in [1.82, 2.24) is 0 Å². The summed E-state index contributed by atoms with van der Waals surface area (Å²) in [6.45, 7) is 0. The average Bonchev–Trinajstić information content (AvgIpc) is 3.03. The second-order valence-electron chi connectivity index (χ2n) is 5.76. The molecule has 0 N–H and O–H groups in total. The molecule has 0 bridgehead atoms. The van der Waals surface area contributed by atoms with Gasteiger partial charge in [0.05, 0.1) is 7.11 Å². The minimum absolute atomic E-state index is 0.0649. The molecule has 0 fully saturated rings. The number of esters is 1. The summed E-state index contributed by atoms with van der Waals surface area (Å²) in [7, 11) is 1.04. The third-order valence-corrected chi connectivity index (χ3v) is 4.69. The van der Waals surface area contributed by atoms with Crippen molar-refractivity contribution in [2.24, 2.45) is 0 Å². The summed E-state index contributed by atoms with van der Waals surface area (Å²) in [4.78, 5) is 12.2. The Morgan fingerprint density at radius 2 is 1.70 bits per heavy atom. The highest BCUT2D eigenvalue weighted by molar-refractivity contribution is 14.1. The summed E-state index contributed by atoms with van der Waals surface area (Å²) in [5.41, 5.74) is 0.731. The molecule has 1 aromatic heterocycles. The number of carbonyl (C=O) groups is 1. The van der Waals surface area contributed by atoms with E-state index in [-0.39, 0.29) is 17.7 Å². The fraction of sp³-hybridized carbons (Fsp3) is 0.150. The van der Waals surface area contributed by atoms with Crippen LogP contribution in [0.2, 0.25) is 0 Å². The molecule has 1 heterocycles. The molecule has 7 heteroatoms. The molecule has 0 aliphatic rings. The molecule has 0 saturated heterocycles. The van der Waals surface area contributed by atoms with Gasteiger partial charge in [0.2, 0.25) is 5.76 Å². The van der Waals surface area contributed by atoms with Gasteiger partial charge in [0.25, 0.3) is 0 Å². The lowest BCUT2D eigenvalue weighted by Gasteiger charge is -2.07. The Kier molecular flexibility index (Phi) is 5.59. The molecule has 0 aliphatic carbocycles. The lowest BCUT2D eigenvalue weighted by molar-refractivity contribution is -0.153. The van der Waals surface area contributed by atoms with Crippen molar-refractivity contribution in [1.29, 1.82) is 0 Å². The highest BCUT2D eigenvalue weighted by atomic mass is 127. The van der Waals surface area contributed by atoms with E-state index < -0.39 is 23.5 Å². The fourth-order valence-corrected chi connectivity index (χ4v) is 3.16. The Balaban J connectivity index is 2.23. The molecular formula is C20H14F3IO3. The minimum atomic E-state index is -4.82. The fourth-order valence-electron chi connectivity index (χ4n) is 2.80. The quantitative estimate of drug-likeness (QED) is 0.338. The van der Waals surface area contributed by atoms with Gasteiger partial charge in [-0.1, -0.05) is 42.5 Å². The Hall–Kier alpha value is -2.29. The monoisotopic (exact) mass is 486 g/mol. The van der Waals surface area contributed by atoms with Crippen molar-refractivity contribution in [3.05, 3.63) is 80.8 Å². The van der Waals surface area contributed by atoms with E-state index in [0.29, 0.717) is 5.56 Å². The van der Waals surface area contributed by atoms with Gasteiger partial charge >= 0.3 is 12.1 Å². The summed E-state index contributed by atoms with van der Waals surface area (Å²) < 4.78 is 51.4. The molecule has 3 nitrogen and oxygen atoms in total. The van der Waals surface area contributed by atoms with Crippen molar-refractivity contribution in [2.75, 3.05) is 7.11 Å². The number of hydrogen-bond donors (Lipinski definition) is 0. The standard InChI is InChI=1S/C20H14F3IO3/c1-26-19(25)17-16(13-5-3-2-4-6-13)15(27-18(17)20(21,22)23)11-12-7-9-14(24)10-8-12/h2-10H,11H2,1H3. The maximum Gasteiger partial charge on any atom is 0.450 e. The number of carbonyl (C=O) groups excluding carboxylic acids is 1. The summed E-state index contributed by atoms with van der Waals surface area (Å²) in [5.74, 6) is -2.36. The molecule has 140 valence electrons. The van der Waals surface area contributed by atoms with E-state index in [9.17, 15) is 18.0 Å². The second-order valence-corrected chi connectivity index (χ2v) is 7.01. The van der Waals surface area contributed by atoms with E-state index in [1.54, 1.807) is 30.3 Å². The smallest absolute Gasteiger partial charge is 0.450 e. The van der Waals surface area contributed by atoms with Crippen LogP contribution in [0.1, 0.15) is 27.4 Å². The summed E-state index contributed by atoms with van der Waals surface area (Å²) in [5, 5.41) is 0. The lowest BCUT2D eigenvalue weighted by atomic mass is 9.97. The van der Waals surface area contributed by atoms with Gasteiger partial charge in [-0.15, -0.1) is 0 Å². The minimum Gasteiger partial charge on any atom is -0.465 e. The van der Waals surface area contributed by atoms with E-state index in [0.717, 1.165) is 16.2 Å². The van der Waals surface area contributed by atoms with Crippen LogP contribution in [0, 0.1) is 3.57 Å². The van der Waals surface area contributed by atoms with Gasteiger partial charge in [-0.25, -0.2) is 4.79 Å². The average molecular weight is 486 g/mol. The predicted octanol–water partition coefficient (Wildman–Crippen LogP) is 5.95. The van der Waals surface area contributed by atoms with Crippen molar-refractivity contribution in [3.8, 4) is 11.1 Å². The van der Waals surface area contributed by atoms with E-state index in [1.165, 1.54) is 0 Å². The van der Waals surface area contributed by atoms with E-state index in [1.807, 2.05) is 24.3 Å². The number of benzene rings is 2. The van der Waals surface area contributed by atoms with Crippen LogP contribution in [0.25, 0.3) is 11.1 Å². The third kappa shape index (κ3) is 4.18. The van der Waals surface area contributed by atoms with Crippen LogP contribution in [0.4, 0.5) is 13.2 Å². The SMILES string of the molecule is COC(=O)c1c(C(F)(F)F)oc(Cc2ccc(I)cc2)c1-c1ccccc1. The van der Waals surface area contributed by atoms with Gasteiger partial charge in [0, 0.05) is 15.6 Å². The molecular weight excluding hydrogens is 472 g/mol. The summed E-state index contributed by atoms with van der Waals surface area (Å²) in [6.07, 6.45) is -4.71. The summed E-state index contributed by atoms with van der Waals surface area (Å²) >= 11 is 2.14. The van der Waals surface area contributed by atoms with Crippen LogP contribution in [-0.4, -0.2) is 13.1 Å². The van der Waals surface area contributed by atoms with Gasteiger partial charge in [-0.2, -0.15) is 13.2 Å². The van der Waals surface area contributed by atoms with Crippen LogP contribution in [-0.2, 0) is 17.3 Å². The normalized spacial score (nSPS) is 11.4. The number of rotatable bonds is 4. The number of ether oxygens (including phenoxy) is 1. The van der Waals surface area contributed by atoms with E-state index in [4.69, 9.17) is 4.42 Å². The Morgan fingerprint density at radius 3 is 2.26 bits per heavy atom. The van der Waals surface area contributed by atoms with Gasteiger partial charge in [-0.05, 0) is 45.9 Å². The first kappa shape index (κ1) is 19.5. The number of methoxy groups -OCH3 is 1. The van der Waals surface area contributed by atoms with Gasteiger partial charge in [0.1, 0.15) is 11.3 Å². The molecule has 27 heavy (non-hydrogen) atoms. The molecule has 0 atom stereocenters. The number of alkyl halides is 3. The molecule has 3 aromatic rings. The molecule has 0 radical (unpaired) electrons.